The van der Waals surface area contributed by atoms with Crippen LogP contribution in [0.5, 0.6) is 0 Å². The minimum atomic E-state index is -0.566. The molecule has 1 amide bonds. The summed E-state index contributed by atoms with van der Waals surface area (Å²) >= 11 is 3.14. The van der Waals surface area contributed by atoms with E-state index in [1.165, 1.54) is 12.4 Å². The van der Waals surface area contributed by atoms with Crippen LogP contribution in [-0.4, -0.2) is 45.7 Å². The number of likely N-dealkylation sites (tertiary alicyclic amines) is 1. The van der Waals surface area contributed by atoms with Crippen molar-refractivity contribution in [3.63, 3.8) is 0 Å². The first-order valence-electron chi connectivity index (χ1n) is 8.97. The van der Waals surface area contributed by atoms with E-state index >= 15 is 0 Å². The first-order chi connectivity index (χ1) is 13.2. The lowest BCUT2D eigenvalue weighted by Gasteiger charge is -2.34. The van der Waals surface area contributed by atoms with Gasteiger partial charge in [-0.25, -0.2) is 19.2 Å². The Hall–Kier alpha value is -2.47. The van der Waals surface area contributed by atoms with Crippen LogP contribution >= 0.6 is 15.9 Å². The lowest BCUT2D eigenvalue weighted by molar-refractivity contribution is 0.0206. The van der Waals surface area contributed by atoms with Crippen LogP contribution in [0, 0.1) is 17.1 Å². The summed E-state index contributed by atoms with van der Waals surface area (Å²) < 4.78 is 20.4. The predicted molar refractivity (Wildman–Crippen MR) is 106 cm³/mol. The molecule has 0 radical (unpaired) electrons. The average Bonchev–Trinajstić information content (AvgIpc) is 2.63. The van der Waals surface area contributed by atoms with Crippen LogP contribution in [0.1, 0.15) is 39.2 Å². The van der Waals surface area contributed by atoms with E-state index in [2.05, 4.69) is 31.2 Å². The van der Waals surface area contributed by atoms with Gasteiger partial charge < -0.3 is 15.0 Å². The van der Waals surface area contributed by atoms with Crippen LogP contribution < -0.4 is 5.32 Å². The summed E-state index contributed by atoms with van der Waals surface area (Å²) in [4.78, 5) is 22.2. The van der Waals surface area contributed by atoms with E-state index in [4.69, 9.17) is 4.74 Å². The molecular weight excluding hydrogens is 429 g/mol. The van der Waals surface area contributed by atoms with Crippen molar-refractivity contribution in [1.82, 2.24) is 14.9 Å². The maximum Gasteiger partial charge on any atom is 0.410 e. The molecule has 0 unspecified atom stereocenters. The van der Waals surface area contributed by atoms with Gasteiger partial charge in [0.15, 0.2) is 5.82 Å². The van der Waals surface area contributed by atoms with Gasteiger partial charge in [0.1, 0.15) is 23.8 Å². The van der Waals surface area contributed by atoms with Crippen molar-refractivity contribution in [1.29, 1.82) is 5.26 Å². The highest BCUT2D eigenvalue weighted by atomic mass is 79.9. The number of rotatable bonds is 2. The van der Waals surface area contributed by atoms with E-state index in [0.717, 1.165) is 12.8 Å². The Morgan fingerprint density at radius 1 is 1.46 bits per heavy atom. The third-order valence-corrected chi connectivity index (χ3v) is 4.91. The fraction of sp³-hybridized carbons (Fsp3) is 0.474. The van der Waals surface area contributed by atoms with Gasteiger partial charge in [0.2, 0.25) is 0 Å². The molecule has 1 saturated heterocycles. The number of nitriles is 1. The minimum Gasteiger partial charge on any atom is -0.444 e. The number of amides is 1. The number of fused-ring (bicyclic) bond motifs is 1. The third kappa shape index (κ3) is 4.33. The number of carbonyl (C=O) groups excluding carboxylic acids is 1. The molecule has 28 heavy (non-hydrogen) atoms. The van der Waals surface area contributed by atoms with Crippen LogP contribution in [0.15, 0.2) is 16.9 Å². The molecule has 9 heteroatoms. The van der Waals surface area contributed by atoms with Crippen LogP contribution in [-0.2, 0) is 4.74 Å². The molecule has 1 aromatic heterocycles. The Bertz CT molecular complexity index is 954. The van der Waals surface area contributed by atoms with Crippen molar-refractivity contribution in [3.05, 3.63) is 28.2 Å². The summed E-state index contributed by atoms with van der Waals surface area (Å²) in [6, 6.07) is 3.31. The number of anilines is 1. The fourth-order valence-corrected chi connectivity index (χ4v) is 3.58. The topological polar surface area (TPSA) is 91.1 Å². The largest absolute Gasteiger partial charge is 0.444 e. The summed E-state index contributed by atoms with van der Waals surface area (Å²) in [6.07, 6.45) is 2.52. The van der Waals surface area contributed by atoms with Gasteiger partial charge >= 0.3 is 6.09 Å². The highest BCUT2D eigenvalue weighted by Gasteiger charge is 2.28. The highest BCUT2D eigenvalue weighted by Crippen LogP contribution is 2.31. The maximum atomic E-state index is 14.8. The number of piperidine rings is 1. The van der Waals surface area contributed by atoms with Gasteiger partial charge in [0.25, 0.3) is 0 Å². The molecule has 1 atom stereocenters. The number of ether oxygens (including phenoxy) is 1. The summed E-state index contributed by atoms with van der Waals surface area (Å²) in [5.41, 5.74) is -0.0584. The van der Waals surface area contributed by atoms with Gasteiger partial charge in [0, 0.05) is 19.1 Å². The summed E-state index contributed by atoms with van der Waals surface area (Å²) in [7, 11) is 0. The predicted octanol–water partition coefficient (Wildman–Crippen LogP) is 4.21. The Labute approximate surface area is 171 Å². The molecule has 0 saturated carbocycles. The average molecular weight is 450 g/mol. The van der Waals surface area contributed by atoms with Gasteiger partial charge in [-0.2, -0.15) is 5.26 Å². The molecule has 148 valence electrons. The number of nitrogens with zero attached hydrogens (tertiary/aromatic N) is 4. The molecule has 1 aliphatic heterocycles. The minimum absolute atomic E-state index is 0.122. The molecule has 1 fully saturated rings. The Morgan fingerprint density at radius 2 is 2.21 bits per heavy atom. The number of hydrogen-bond donors (Lipinski definition) is 1. The van der Waals surface area contributed by atoms with Crippen molar-refractivity contribution in [2.45, 2.75) is 45.3 Å². The number of nitrogens with one attached hydrogen (secondary N) is 1. The molecule has 1 N–H and O–H groups in total. The molecule has 2 heterocycles. The molecule has 7 nitrogen and oxygen atoms in total. The maximum absolute atomic E-state index is 14.8. The summed E-state index contributed by atoms with van der Waals surface area (Å²) in [5.74, 6) is -0.228. The van der Waals surface area contributed by atoms with Crippen LogP contribution in [0.25, 0.3) is 10.9 Å². The zero-order chi connectivity index (χ0) is 20.5. The molecule has 2 aromatic rings. The van der Waals surface area contributed by atoms with E-state index in [9.17, 15) is 14.4 Å². The van der Waals surface area contributed by atoms with Gasteiger partial charge in [0.05, 0.1) is 20.9 Å². The van der Waals surface area contributed by atoms with E-state index in [1.54, 1.807) is 4.90 Å². The van der Waals surface area contributed by atoms with E-state index < -0.39 is 11.4 Å². The molecular formula is C19H21BrFN5O2. The van der Waals surface area contributed by atoms with Gasteiger partial charge in [-0.05, 0) is 55.6 Å². The summed E-state index contributed by atoms with van der Waals surface area (Å²) in [6.45, 7) is 6.50. The van der Waals surface area contributed by atoms with Gasteiger partial charge in [-0.1, -0.05) is 0 Å². The van der Waals surface area contributed by atoms with E-state index in [-0.39, 0.29) is 33.1 Å². The SMILES string of the molecule is CC(C)(C)OC(=O)N1CCC[C@H](Nc2ncnc3c(C#N)cc(Br)c(F)c23)C1. The van der Waals surface area contributed by atoms with Gasteiger partial charge in [-0.3, -0.25) is 0 Å². The van der Waals surface area contributed by atoms with Crippen molar-refractivity contribution in [2.75, 3.05) is 18.4 Å². The second kappa shape index (κ2) is 7.87. The molecule has 1 aliphatic rings. The zero-order valence-corrected chi connectivity index (χ0v) is 17.5. The summed E-state index contributed by atoms with van der Waals surface area (Å²) in [5, 5.41) is 12.7. The molecule has 0 spiro atoms. The third-order valence-electron chi connectivity index (χ3n) is 4.34. The molecule has 0 bridgehead atoms. The fourth-order valence-electron chi connectivity index (χ4n) is 3.15. The first-order valence-corrected chi connectivity index (χ1v) is 9.76. The van der Waals surface area contributed by atoms with Crippen molar-refractivity contribution in [3.8, 4) is 6.07 Å². The first kappa shape index (κ1) is 20.3. The molecule has 1 aromatic carbocycles. The van der Waals surface area contributed by atoms with Gasteiger partial charge in [-0.15, -0.1) is 0 Å². The van der Waals surface area contributed by atoms with E-state index in [1.807, 2.05) is 26.8 Å². The number of halogens is 2. The van der Waals surface area contributed by atoms with Crippen molar-refractivity contribution >= 4 is 38.7 Å². The molecule has 3 rings (SSSR count). The second-order valence-electron chi connectivity index (χ2n) is 7.69. The second-order valence-corrected chi connectivity index (χ2v) is 8.54. The lowest BCUT2D eigenvalue weighted by Crippen LogP contribution is -2.47. The van der Waals surface area contributed by atoms with E-state index in [0.29, 0.717) is 18.9 Å². The number of benzene rings is 1. The van der Waals surface area contributed by atoms with Crippen LogP contribution in [0.3, 0.4) is 0 Å². The quantitative estimate of drug-likeness (QED) is 0.737. The highest BCUT2D eigenvalue weighted by molar-refractivity contribution is 9.10. The Morgan fingerprint density at radius 3 is 2.89 bits per heavy atom. The van der Waals surface area contributed by atoms with Crippen LogP contribution in [0.4, 0.5) is 15.0 Å². The molecule has 0 aliphatic carbocycles. The van der Waals surface area contributed by atoms with Crippen molar-refractivity contribution in [2.24, 2.45) is 0 Å². The standard InChI is InChI=1S/C19H21BrFN5O2/c1-19(2,3)28-18(27)26-6-4-5-12(9-26)25-17-14-15(21)13(20)7-11(8-22)16(14)23-10-24-17/h7,10,12H,4-6,9H2,1-3H3,(H,23,24,25)/t12-/m0/s1. The monoisotopic (exact) mass is 449 g/mol. The Kier molecular flexibility index (Phi) is 5.70. The van der Waals surface area contributed by atoms with Crippen molar-refractivity contribution < 1.29 is 13.9 Å². The van der Waals surface area contributed by atoms with Crippen LogP contribution in [0.2, 0.25) is 0 Å². The number of hydrogen-bond acceptors (Lipinski definition) is 6. The number of aromatic nitrogens is 2. The lowest BCUT2D eigenvalue weighted by atomic mass is 10.1. The normalized spacial score (nSPS) is 17.3. The zero-order valence-electron chi connectivity index (χ0n) is 15.9. The number of carbonyl (C=O) groups is 1. The smallest absolute Gasteiger partial charge is 0.410 e. The Balaban J connectivity index is 1.86.